The maximum Gasteiger partial charge on any atom is 0.258 e. The second kappa shape index (κ2) is 7.52. The fourth-order valence-corrected chi connectivity index (χ4v) is 5.15. The summed E-state index contributed by atoms with van der Waals surface area (Å²) in [7, 11) is 0. The molecule has 7 nitrogen and oxygen atoms in total. The summed E-state index contributed by atoms with van der Waals surface area (Å²) >= 11 is 6.01. The Kier molecular flexibility index (Phi) is 4.89. The van der Waals surface area contributed by atoms with Crippen molar-refractivity contribution in [1.82, 2.24) is 20.0 Å². The Hall–Kier alpha value is -3.06. The molecular formula is C24H25ClN4O3. The largest absolute Gasteiger partial charge is 0.484 e. The van der Waals surface area contributed by atoms with Crippen LogP contribution in [0, 0.1) is 19.3 Å². The molecule has 166 valence electrons. The molecular weight excluding hydrogens is 428 g/mol. The number of nitrogens with zero attached hydrogens (tertiary/aromatic N) is 2. The molecule has 2 bridgehead atoms. The number of ether oxygens (including phenoxy) is 1. The van der Waals surface area contributed by atoms with Crippen LogP contribution in [0.3, 0.4) is 0 Å². The van der Waals surface area contributed by atoms with Gasteiger partial charge in [0.05, 0.1) is 17.7 Å². The molecule has 32 heavy (non-hydrogen) atoms. The SMILES string of the molecule is Cc1cc(OCC(=O)NC23CC(C(=O)NCc4nc5ccccn5c4C)(C2)C3)ccc1Cl. The molecule has 0 radical (unpaired) electrons. The van der Waals surface area contributed by atoms with Crippen LogP contribution >= 0.6 is 11.6 Å². The van der Waals surface area contributed by atoms with Gasteiger partial charge < -0.3 is 19.8 Å². The van der Waals surface area contributed by atoms with Gasteiger partial charge in [-0.05, 0) is 69.0 Å². The molecule has 2 amide bonds. The van der Waals surface area contributed by atoms with E-state index in [9.17, 15) is 9.59 Å². The number of benzene rings is 1. The summed E-state index contributed by atoms with van der Waals surface area (Å²) in [6.45, 7) is 4.23. The number of pyridine rings is 1. The van der Waals surface area contributed by atoms with Crippen molar-refractivity contribution in [1.29, 1.82) is 0 Å². The number of aryl methyl sites for hydroxylation is 2. The summed E-state index contributed by atoms with van der Waals surface area (Å²) in [6.07, 6.45) is 3.97. The van der Waals surface area contributed by atoms with Crippen molar-refractivity contribution in [2.75, 3.05) is 6.61 Å². The summed E-state index contributed by atoms with van der Waals surface area (Å²) < 4.78 is 7.59. The Balaban J connectivity index is 1.10. The summed E-state index contributed by atoms with van der Waals surface area (Å²) in [6, 6.07) is 11.2. The summed E-state index contributed by atoms with van der Waals surface area (Å²) in [4.78, 5) is 29.7. The number of carbonyl (C=O) groups excluding carboxylic acids is 2. The first-order valence-corrected chi connectivity index (χ1v) is 11.1. The number of imidazole rings is 1. The second-order valence-corrected chi connectivity index (χ2v) is 9.50. The Labute approximate surface area is 191 Å². The van der Waals surface area contributed by atoms with Gasteiger partial charge >= 0.3 is 0 Å². The van der Waals surface area contributed by atoms with E-state index in [0.717, 1.165) is 22.6 Å². The minimum absolute atomic E-state index is 0.0398. The van der Waals surface area contributed by atoms with Crippen molar-refractivity contribution in [2.24, 2.45) is 5.41 Å². The lowest BCUT2D eigenvalue weighted by Gasteiger charge is -2.69. The van der Waals surface area contributed by atoms with E-state index in [1.165, 1.54) is 0 Å². The first-order chi connectivity index (χ1) is 15.3. The van der Waals surface area contributed by atoms with E-state index in [1.54, 1.807) is 18.2 Å². The molecule has 3 saturated carbocycles. The van der Waals surface area contributed by atoms with Crippen LogP contribution in [-0.2, 0) is 16.1 Å². The van der Waals surface area contributed by atoms with Crippen LogP contribution in [0.1, 0.15) is 36.2 Å². The number of rotatable bonds is 7. The minimum atomic E-state index is -0.367. The molecule has 6 rings (SSSR count). The Bertz CT molecular complexity index is 1220. The minimum Gasteiger partial charge on any atom is -0.484 e. The van der Waals surface area contributed by atoms with Crippen molar-refractivity contribution in [3.63, 3.8) is 0 Å². The Morgan fingerprint density at radius 2 is 1.97 bits per heavy atom. The molecule has 8 heteroatoms. The number of nitrogens with one attached hydrogen (secondary N) is 2. The lowest BCUT2D eigenvalue weighted by atomic mass is 9.39. The summed E-state index contributed by atoms with van der Waals surface area (Å²) in [5.74, 6) is 0.474. The zero-order chi connectivity index (χ0) is 22.5. The fourth-order valence-electron chi connectivity index (χ4n) is 5.03. The van der Waals surface area contributed by atoms with Gasteiger partial charge in [0, 0.05) is 22.5 Å². The normalized spacial score (nSPS) is 23.2. The molecule has 0 unspecified atom stereocenters. The lowest BCUT2D eigenvalue weighted by Crippen LogP contribution is -2.78. The molecule has 3 aromatic rings. The molecule has 3 aliphatic rings. The maximum absolute atomic E-state index is 12.8. The van der Waals surface area contributed by atoms with Crippen molar-refractivity contribution < 1.29 is 14.3 Å². The molecule has 1 aromatic carbocycles. The molecule has 2 N–H and O–H groups in total. The molecule has 2 heterocycles. The highest BCUT2D eigenvalue weighted by Crippen LogP contribution is 2.67. The van der Waals surface area contributed by atoms with Crippen molar-refractivity contribution in [3.8, 4) is 5.75 Å². The number of carbonyl (C=O) groups is 2. The Morgan fingerprint density at radius 3 is 2.69 bits per heavy atom. The molecule has 3 fully saturated rings. The highest BCUT2D eigenvalue weighted by Gasteiger charge is 2.72. The van der Waals surface area contributed by atoms with Crippen LogP contribution in [-0.4, -0.2) is 33.3 Å². The van der Waals surface area contributed by atoms with Crippen LogP contribution in [0.5, 0.6) is 5.75 Å². The molecule has 0 atom stereocenters. The first kappa shape index (κ1) is 20.8. The fraction of sp³-hybridized carbons (Fsp3) is 0.375. The number of hydrogen-bond acceptors (Lipinski definition) is 4. The molecule has 3 aliphatic carbocycles. The molecule has 2 aromatic heterocycles. The van der Waals surface area contributed by atoms with Gasteiger partial charge in [-0.2, -0.15) is 0 Å². The van der Waals surface area contributed by atoms with Gasteiger partial charge in [0.1, 0.15) is 11.4 Å². The van der Waals surface area contributed by atoms with Crippen LogP contribution in [0.25, 0.3) is 5.65 Å². The standard InChI is InChI=1S/C24H25ClN4O3/c1-15-9-17(6-7-18(15)25)32-11-21(30)28-24-12-23(13-24,14-24)22(31)26-10-19-16(2)29-8-4-3-5-20(29)27-19/h3-9H,10-14H2,1-2H3,(H,26,31)(H,28,30). The average Bonchev–Trinajstić information content (AvgIpc) is 3.04. The quantitative estimate of drug-likeness (QED) is 0.575. The average molecular weight is 453 g/mol. The van der Waals surface area contributed by atoms with Gasteiger partial charge in [0.2, 0.25) is 5.91 Å². The van der Waals surface area contributed by atoms with Crippen LogP contribution < -0.4 is 15.4 Å². The maximum atomic E-state index is 12.8. The van der Waals surface area contributed by atoms with E-state index in [2.05, 4.69) is 15.6 Å². The first-order valence-electron chi connectivity index (χ1n) is 10.7. The zero-order valence-corrected chi connectivity index (χ0v) is 18.8. The monoisotopic (exact) mass is 452 g/mol. The third-order valence-corrected chi connectivity index (χ3v) is 7.12. The summed E-state index contributed by atoms with van der Waals surface area (Å²) in [5.41, 5.74) is 3.03. The van der Waals surface area contributed by atoms with Gasteiger partial charge in [-0.1, -0.05) is 17.7 Å². The van der Waals surface area contributed by atoms with Crippen LogP contribution in [0.15, 0.2) is 42.6 Å². The van der Waals surface area contributed by atoms with E-state index in [4.69, 9.17) is 16.3 Å². The van der Waals surface area contributed by atoms with E-state index in [-0.39, 0.29) is 29.4 Å². The third kappa shape index (κ3) is 3.50. The van der Waals surface area contributed by atoms with Crippen molar-refractivity contribution in [3.05, 3.63) is 64.6 Å². The smallest absolute Gasteiger partial charge is 0.258 e. The van der Waals surface area contributed by atoms with E-state index < -0.39 is 0 Å². The van der Waals surface area contributed by atoms with Crippen molar-refractivity contribution in [2.45, 2.75) is 45.2 Å². The number of halogens is 1. The predicted octanol–water partition coefficient (Wildman–Crippen LogP) is 3.34. The highest BCUT2D eigenvalue weighted by molar-refractivity contribution is 6.31. The molecule has 0 saturated heterocycles. The van der Waals surface area contributed by atoms with Gasteiger partial charge in [-0.3, -0.25) is 9.59 Å². The predicted molar refractivity (Wildman–Crippen MR) is 121 cm³/mol. The van der Waals surface area contributed by atoms with E-state index in [1.807, 2.05) is 42.6 Å². The molecule has 0 aliphatic heterocycles. The highest BCUT2D eigenvalue weighted by atomic mass is 35.5. The van der Waals surface area contributed by atoms with E-state index in [0.29, 0.717) is 36.6 Å². The number of amides is 2. The number of fused-ring (bicyclic) bond motifs is 1. The lowest BCUT2D eigenvalue weighted by molar-refractivity contribution is -0.184. The molecule has 0 spiro atoms. The number of hydrogen-bond donors (Lipinski definition) is 2. The number of aromatic nitrogens is 2. The van der Waals surface area contributed by atoms with Crippen LogP contribution in [0.2, 0.25) is 5.02 Å². The van der Waals surface area contributed by atoms with Gasteiger partial charge in [-0.15, -0.1) is 0 Å². The van der Waals surface area contributed by atoms with E-state index >= 15 is 0 Å². The van der Waals surface area contributed by atoms with Crippen LogP contribution in [0.4, 0.5) is 0 Å². The summed E-state index contributed by atoms with van der Waals surface area (Å²) in [5, 5.41) is 6.76. The third-order valence-electron chi connectivity index (χ3n) is 6.70. The van der Waals surface area contributed by atoms with Crippen molar-refractivity contribution >= 4 is 29.1 Å². The zero-order valence-electron chi connectivity index (χ0n) is 18.1. The van der Waals surface area contributed by atoms with Gasteiger partial charge in [0.25, 0.3) is 5.91 Å². The van der Waals surface area contributed by atoms with Gasteiger partial charge in [0.15, 0.2) is 6.61 Å². The Morgan fingerprint density at radius 1 is 1.19 bits per heavy atom. The topological polar surface area (TPSA) is 84.7 Å². The second-order valence-electron chi connectivity index (χ2n) is 9.09. The van der Waals surface area contributed by atoms with Gasteiger partial charge in [-0.25, -0.2) is 4.98 Å².